The molecule has 1 heterocycles. The molecule has 96 valence electrons. The molecule has 0 aliphatic rings. The van der Waals surface area contributed by atoms with Crippen LogP contribution in [0.4, 0.5) is 0 Å². The van der Waals surface area contributed by atoms with Crippen LogP contribution in [-0.2, 0) is 13.1 Å². The second-order valence-corrected chi connectivity index (χ2v) is 4.45. The Labute approximate surface area is 107 Å². The van der Waals surface area contributed by atoms with Crippen LogP contribution in [0.5, 0.6) is 5.75 Å². The summed E-state index contributed by atoms with van der Waals surface area (Å²) in [6, 6.07) is 5.93. The normalized spacial score (nSPS) is 11.1. The van der Waals surface area contributed by atoms with Crippen molar-refractivity contribution in [3.05, 3.63) is 36.7 Å². The topological polar surface area (TPSA) is 53.1 Å². The van der Waals surface area contributed by atoms with E-state index in [2.05, 4.69) is 16.1 Å². The van der Waals surface area contributed by atoms with Gasteiger partial charge in [-0.3, -0.25) is 0 Å². The number of imidazole rings is 1. The summed E-state index contributed by atoms with van der Waals surface area (Å²) in [4.78, 5) is 4.53. The Bertz CT molecular complexity index is 557. The minimum atomic E-state index is 0.159. The second-order valence-electron chi connectivity index (χ2n) is 4.45. The summed E-state index contributed by atoms with van der Waals surface area (Å²) in [5, 5.41) is 0. The van der Waals surface area contributed by atoms with Crippen molar-refractivity contribution in [2.24, 2.45) is 5.73 Å². The molecule has 0 radical (unpaired) electrons. The van der Waals surface area contributed by atoms with Gasteiger partial charge in [0.15, 0.2) is 0 Å². The van der Waals surface area contributed by atoms with Gasteiger partial charge in [0, 0.05) is 12.6 Å². The minimum absolute atomic E-state index is 0.159. The van der Waals surface area contributed by atoms with Gasteiger partial charge in [-0.2, -0.15) is 0 Å². The molecule has 18 heavy (non-hydrogen) atoms. The maximum Gasteiger partial charge on any atom is 0.123 e. The number of nitrogens with two attached hydrogens (primary N) is 1. The molecular formula is C14H19N3O. The van der Waals surface area contributed by atoms with Gasteiger partial charge in [-0.05, 0) is 26.0 Å². The first-order chi connectivity index (χ1) is 8.65. The minimum Gasteiger partial charge on any atom is -0.491 e. The molecular weight excluding hydrogens is 226 g/mol. The molecule has 0 atom stereocenters. The molecule has 2 aromatic rings. The van der Waals surface area contributed by atoms with Gasteiger partial charge in [-0.25, -0.2) is 4.98 Å². The lowest BCUT2D eigenvalue weighted by molar-refractivity contribution is 0.242. The van der Waals surface area contributed by atoms with Crippen LogP contribution in [0.2, 0.25) is 0 Å². The Kier molecular flexibility index (Phi) is 3.67. The van der Waals surface area contributed by atoms with Crippen LogP contribution >= 0.6 is 0 Å². The molecule has 0 unspecified atom stereocenters. The van der Waals surface area contributed by atoms with Crippen molar-refractivity contribution in [1.29, 1.82) is 0 Å². The summed E-state index contributed by atoms with van der Waals surface area (Å²) in [6.45, 7) is 8.91. The molecule has 1 aromatic heterocycles. The quantitative estimate of drug-likeness (QED) is 0.823. The van der Waals surface area contributed by atoms with E-state index < -0.39 is 0 Å². The number of nitrogens with zero attached hydrogens (tertiary/aromatic N) is 2. The number of aromatic nitrogens is 2. The lowest BCUT2D eigenvalue weighted by Gasteiger charge is -2.09. The van der Waals surface area contributed by atoms with E-state index in [9.17, 15) is 0 Å². The fourth-order valence-electron chi connectivity index (χ4n) is 1.99. The van der Waals surface area contributed by atoms with Crippen molar-refractivity contribution >= 4 is 11.0 Å². The largest absolute Gasteiger partial charge is 0.491 e. The van der Waals surface area contributed by atoms with Crippen LogP contribution in [0.3, 0.4) is 0 Å². The molecule has 0 saturated carbocycles. The number of benzene rings is 1. The number of hydrogen-bond acceptors (Lipinski definition) is 3. The lowest BCUT2D eigenvalue weighted by Crippen LogP contribution is -2.07. The summed E-state index contributed by atoms with van der Waals surface area (Å²) in [7, 11) is 0. The Balaban J connectivity index is 2.48. The standard InChI is InChI=1S/C14H19N3O/c1-4-7-17-13-6-5-11(18-10(2)3)8-12(13)16-14(17)9-15/h4-6,8,10H,1,7,9,15H2,2-3H3. The highest BCUT2D eigenvalue weighted by Crippen LogP contribution is 2.22. The predicted octanol–water partition coefficient (Wildman–Crippen LogP) is 2.47. The van der Waals surface area contributed by atoms with Crippen LogP contribution in [0.25, 0.3) is 11.0 Å². The first-order valence-electron chi connectivity index (χ1n) is 6.12. The van der Waals surface area contributed by atoms with E-state index in [-0.39, 0.29) is 6.10 Å². The number of fused-ring (bicyclic) bond motifs is 1. The molecule has 2 rings (SSSR count). The molecule has 4 heteroatoms. The number of hydrogen-bond donors (Lipinski definition) is 1. The molecule has 0 aliphatic heterocycles. The molecule has 0 bridgehead atoms. The second kappa shape index (κ2) is 5.23. The maximum absolute atomic E-state index is 5.71. The number of rotatable bonds is 5. The van der Waals surface area contributed by atoms with E-state index in [1.165, 1.54) is 0 Å². The average Bonchev–Trinajstić information content (AvgIpc) is 2.66. The van der Waals surface area contributed by atoms with E-state index in [1.54, 1.807) is 0 Å². The Morgan fingerprint density at radius 3 is 2.89 bits per heavy atom. The molecule has 4 nitrogen and oxygen atoms in total. The van der Waals surface area contributed by atoms with Crippen LogP contribution in [0.1, 0.15) is 19.7 Å². The molecule has 0 amide bonds. The Morgan fingerprint density at radius 2 is 2.28 bits per heavy atom. The Hall–Kier alpha value is -1.81. The highest BCUT2D eigenvalue weighted by Gasteiger charge is 2.09. The van der Waals surface area contributed by atoms with Crippen molar-refractivity contribution in [3.63, 3.8) is 0 Å². The zero-order chi connectivity index (χ0) is 13.1. The van der Waals surface area contributed by atoms with Gasteiger partial charge in [0.25, 0.3) is 0 Å². The van der Waals surface area contributed by atoms with Crippen molar-refractivity contribution in [2.45, 2.75) is 33.0 Å². The molecule has 1 aromatic carbocycles. The molecule has 0 aliphatic carbocycles. The molecule has 0 saturated heterocycles. The van der Waals surface area contributed by atoms with Gasteiger partial charge in [-0.15, -0.1) is 6.58 Å². The monoisotopic (exact) mass is 245 g/mol. The van der Waals surface area contributed by atoms with E-state index in [0.717, 1.165) is 22.6 Å². The number of ether oxygens (including phenoxy) is 1. The molecule has 0 spiro atoms. The van der Waals surface area contributed by atoms with Crippen molar-refractivity contribution in [1.82, 2.24) is 9.55 Å². The van der Waals surface area contributed by atoms with Crippen molar-refractivity contribution in [3.8, 4) is 5.75 Å². The molecule has 2 N–H and O–H groups in total. The summed E-state index contributed by atoms with van der Waals surface area (Å²) in [5.74, 6) is 1.70. The first-order valence-corrected chi connectivity index (χ1v) is 6.12. The predicted molar refractivity (Wildman–Crippen MR) is 73.6 cm³/mol. The van der Waals surface area contributed by atoms with Gasteiger partial charge in [-0.1, -0.05) is 6.08 Å². The smallest absolute Gasteiger partial charge is 0.123 e. The van der Waals surface area contributed by atoms with Crippen molar-refractivity contribution in [2.75, 3.05) is 0 Å². The van der Waals surface area contributed by atoms with Crippen LogP contribution in [-0.4, -0.2) is 15.7 Å². The summed E-state index contributed by atoms with van der Waals surface area (Å²) in [6.07, 6.45) is 2.01. The summed E-state index contributed by atoms with van der Waals surface area (Å²) in [5.41, 5.74) is 7.69. The number of allylic oxidation sites excluding steroid dienone is 1. The highest BCUT2D eigenvalue weighted by atomic mass is 16.5. The lowest BCUT2D eigenvalue weighted by atomic mass is 10.3. The van der Waals surface area contributed by atoms with Gasteiger partial charge < -0.3 is 15.0 Å². The zero-order valence-electron chi connectivity index (χ0n) is 10.9. The molecule has 0 fully saturated rings. The fourth-order valence-corrected chi connectivity index (χ4v) is 1.99. The van der Waals surface area contributed by atoms with Crippen LogP contribution < -0.4 is 10.5 Å². The fraction of sp³-hybridized carbons (Fsp3) is 0.357. The van der Waals surface area contributed by atoms with E-state index in [4.69, 9.17) is 10.5 Å². The van der Waals surface area contributed by atoms with Crippen molar-refractivity contribution < 1.29 is 4.74 Å². The van der Waals surface area contributed by atoms with Gasteiger partial charge in [0.05, 0.1) is 23.7 Å². The third-order valence-electron chi connectivity index (χ3n) is 2.66. The van der Waals surface area contributed by atoms with E-state index >= 15 is 0 Å². The van der Waals surface area contributed by atoms with E-state index in [1.807, 2.05) is 38.1 Å². The van der Waals surface area contributed by atoms with Gasteiger partial charge >= 0.3 is 0 Å². The highest BCUT2D eigenvalue weighted by molar-refractivity contribution is 5.77. The Morgan fingerprint density at radius 1 is 1.50 bits per heavy atom. The van der Waals surface area contributed by atoms with Crippen LogP contribution in [0, 0.1) is 0 Å². The average molecular weight is 245 g/mol. The third-order valence-corrected chi connectivity index (χ3v) is 2.66. The first kappa shape index (κ1) is 12.6. The van der Waals surface area contributed by atoms with Gasteiger partial charge in [0.1, 0.15) is 11.6 Å². The van der Waals surface area contributed by atoms with Gasteiger partial charge in [0.2, 0.25) is 0 Å². The SMILES string of the molecule is C=CCn1c(CN)nc2cc(OC(C)C)ccc21. The van der Waals surface area contributed by atoms with E-state index in [0.29, 0.717) is 13.1 Å². The maximum atomic E-state index is 5.71. The summed E-state index contributed by atoms with van der Waals surface area (Å²) < 4.78 is 7.74. The zero-order valence-corrected chi connectivity index (χ0v) is 10.9. The third kappa shape index (κ3) is 2.38. The summed E-state index contributed by atoms with van der Waals surface area (Å²) >= 11 is 0. The van der Waals surface area contributed by atoms with Crippen LogP contribution in [0.15, 0.2) is 30.9 Å².